The summed E-state index contributed by atoms with van der Waals surface area (Å²) in [5, 5.41) is 0. The Bertz CT molecular complexity index is 759. The van der Waals surface area contributed by atoms with Gasteiger partial charge in [0, 0.05) is 25.7 Å². The fourth-order valence-corrected chi connectivity index (χ4v) is 7.00. The van der Waals surface area contributed by atoms with Gasteiger partial charge in [-0.3, -0.25) is 4.79 Å². The topological polar surface area (TPSA) is 26.3 Å². The molecule has 2 saturated heterocycles. The van der Waals surface area contributed by atoms with Gasteiger partial charge in [0.15, 0.2) is 0 Å². The molecule has 172 valence electrons. The van der Waals surface area contributed by atoms with Gasteiger partial charge in [0.25, 0.3) is 0 Å². The molecule has 1 aliphatic carbocycles. The molecule has 1 aromatic carbocycles. The number of hydrogen-bond donors (Lipinski definition) is 0. The average molecular weight is 538 g/mol. The molecule has 0 N–H and O–H groups in total. The Hall–Kier alpha value is -0.880. The highest BCUT2D eigenvalue weighted by Crippen LogP contribution is 2.46. The number of nitrogens with zero attached hydrogens (tertiary/aromatic N) is 1. The van der Waals surface area contributed by atoms with E-state index in [4.69, 9.17) is 4.74 Å². The molecule has 2 heterocycles. The molecule has 0 saturated carbocycles. The number of halogens is 1. The number of ether oxygens (including phenoxy) is 1. The molecule has 4 rings (SSSR count). The summed E-state index contributed by atoms with van der Waals surface area (Å²) in [5.41, 5.74) is 3.99. The van der Waals surface area contributed by atoms with Crippen LogP contribution in [-0.2, 0) is 9.53 Å². The van der Waals surface area contributed by atoms with E-state index in [1.807, 2.05) is 0 Å². The second kappa shape index (κ2) is 10.8. The lowest BCUT2D eigenvalue weighted by molar-refractivity contribution is -0.985. The zero-order chi connectivity index (χ0) is 21.1. The Balaban J connectivity index is 0.00000272. The molecule has 0 radical (unpaired) electrons. The summed E-state index contributed by atoms with van der Waals surface area (Å²) in [7, 11) is 0. The highest BCUT2D eigenvalue weighted by Gasteiger charge is 2.55. The van der Waals surface area contributed by atoms with Crippen molar-refractivity contribution in [2.24, 2.45) is 0 Å². The molecule has 31 heavy (non-hydrogen) atoms. The lowest BCUT2D eigenvalue weighted by Crippen LogP contribution is -3.00. The zero-order valence-corrected chi connectivity index (χ0v) is 21.8. The van der Waals surface area contributed by atoms with Crippen molar-refractivity contribution in [3.63, 3.8) is 0 Å². The van der Waals surface area contributed by atoms with Crippen molar-refractivity contribution in [1.29, 1.82) is 0 Å². The third-order valence-corrected chi connectivity index (χ3v) is 8.20. The van der Waals surface area contributed by atoms with Crippen LogP contribution >= 0.6 is 0 Å². The normalized spacial score (nSPS) is 30.3. The van der Waals surface area contributed by atoms with Gasteiger partial charge in [0.05, 0.1) is 31.1 Å². The lowest BCUT2D eigenvalue weighted by atomic mass is 9.86. The molecular formula is C27H40INO2. The third kappa shape index (κ3) is 5.05. The van der Waals surface area contributed by atoms with Gasteiger partial charge in [-0.05, 0) is 57.1 Å². The Morgan fingerprint density at radius 2 is 1.71 bits per heavy atom. The number of rotatable bonds is 7. The Morgan fingerprint density at radius 1 is 1.06 bits per heavy atom. The summed E-state index contributed by atoms with van der Waals surface area (Å²) in [6.45, 7) is 8.39. The van der Waals surface area contributed by atoms with Crippen LogP contribution in [0, 0.1) is 0 Å². The molecule has 0 amide bonds. The number of carbonyl (C=O) groups is 1. The van der Waals surface area contributed by atoms with Gasteiger partial charge < -0.3 is 33.2 Å². The van der Waals surface area contributed by atoms with Crippen LogP contribution in [0.25, 0.3) is 5.57 Å². The van der Waals surface area contributed by atoms with Crippen molar-refractivity contribution < 1.29 is 38.0 Å². The van der Waals surface area contributed by atoms with Crippen molar-refractivity contribution in [2.75, 3.05) is 6.54 Å². The zero-order valence-electron chi connectivity index (χ0n) is 19.6. The smallest absolute Gasteiger partial charge is 0.310 e. The predicted octanol–water partition coefficient (Wildman–Crippen LogP) is 3.28. The van der Waals surface area contributed by atoms with Gasteiger partial charge in [-0.25, -0.2) is 0 Å². The molecule has 4 heteroatoms. The first-order valence-electron chi connectivity index (χ1n) is 12.4. The number of hydrogen-bond acceptors (Lipinski definition) is 2. The highest BCUT2D eigenvalue weighted by atomic mass is 127. The molecule has 1 aromatic rings. The standard InChI is InChI=1S/C27H40NO2.HI/c1-4-16-28(20(2)3)23-14-15-24(28)19-25(18-23)30-27(29)17-22-12-8-9-13-26(22)21-10-6-5-7-11-21;/h5-7,10-11,20,23-25H,4,8-9,12-19H2,1-3H3;1H/q+1;/p-1. The minimum atomic E-state index is 0. The van der Waals surface area contributed by atoms with Crippen molar-refractivity contribution >= 4 is 11.5 Å². The van der Waals surface area contributed by atoms with E-state index >= 15 is 0 Å². The largest absolute Gasteiger partial charge is 1.00 e. The summed E-state index contributed by atoms with van der Waals surface area (Å²) in [6, 6.07) is 12.6. The number of esters is 1. The van der Waals surface area contributed by atoms with Crippen LogP contribution < -0.4 is 24.0 Å². The maximum absolute atomic E-state index is 12.9. The van der Waals surface area contributed by atoms with E-state index in [-0.39, 0.29) is 36.0 Å². The molecule has 3 aliphatic rings. The van der Waals surface area contributed by atoms with Gasteiger partial charge in [0.2, 0.25) is 0 Å². The molecule has 2 bridgehead atoms. The van der Waals surface area contributed by atoms with Gasteiger partial charge in [-0.2, -0.15) is 0 Å². The minimum absolute atomic E-state index is 0. The molecule has 0 spiro atoms. The van der Waals surface area contributed by atoms with Crippen LogP contribution in [0.2, 0.25) is 0 Å². The molecule has 0 aromatic heterocycles. The van der Waals surface area contributed by atoms with Crippen molar-refractivity contribution in [3.8, 4) is 0 Å². The third-order valence-electron chi connectivity index (χ3n) is 8.20. The van der Waals surface area contributed by atoms with Crippen LogP contribution in [0.4, 0.5) is 0 Å². The van der Waals surface area contributed by atoms with E-state index in [1.165, 1.54) is 59.8 Å². The molecule has 2 aliphatic heterocycles. The van der Waals surface area contributed by atoms with Crippen LogP contribution in [0.3, 0.4) is 0 Å². The first-order valence-corrected chi connectivity index (χ1v) is 12.4. The fraction of sp³-hybridized carbons (Fsp3) is 0.667. The van der Waals surface area contributed by atoms with Gasteiger partial charge in [-0.1, -0.05) is 42.8 Å². The first kappa shape index (κ1) is 24.8. The van der Waals surface area contributed by atoms with E-state index in [0.29, 0.717) is 24.5 Å². The SMILES string of the molecule is CCC[N+]1(C(C)C)C2CCC1CC(OC(=O)CC1=C(c3ccccc3)CCCC1)C2.[I-]. The maximum Gasteiger partial charge on any atom is 0.310 e. The quantitative estimate of drug-likeness (QED) is 0.303. The van der Waals surface area contributed by atoms with Gasteiger partial charge in [0.1, 0.15) is 6.10 Å². The summed E-state index contributed by atoms with van der Waals surface area (Å²) in [4.78, 5) is 12.9. The molecule has 2 unspecified atom stereocenters. The fourth-order valence-electron chi connectivity index (χ4n) is 7.00. The van der Waals surface area contributed by atoms with E-state index in [1.54, 1.807) is 0 Å². The van der Waals surface area contributed by atoms with Crippen LogP contribution in [0.5, 0.6) is 0 Å². The highest BCUT2D eigenvalue weighted by molar-refractivity contribution is 5.79. The number of fused-ring (bicyclic) bond motifs is 2. The summed E-state index contributed by atoms with van der Waals surface area (Å²) < 4.78 is 7.40. The summed E-state index contributed by atoms with van der Waals surface area (Å²) >= 11 is 0. The molecule has 3 nitrogen and oxygen atoms in total. The second-order valence-electron chi connectivity index (χ2n) is 10.1. The monoisotopic (exact) mass is 537 g/mol. The number of benzene rings is 1. The van der Waals surface area contributed by atoms with Crippen LogP contribution in [0.15, 0.2) is 35.9 Å². The first-order chi connectivity index (χ1) is 14.5. The van der Waals surface area contributed by atoms with E-state index in [9.17, 15) is 4.79 Å². The molecule has 2 fully saturated rings. The van der Waals surface area contributed by atoms with Gasteiger partial charge >= 0.3 is 5.97 Å². The Labute approximate surface area is 206 Å². The van der Waals surface area contributed by atoms with Crippen LogP contribution in [-0.4, -0.2) is 41.2 Å². The van der Waals surface area contributed by atoms with E-state index in [0.717, 1.165) is 25.7 Å². The number of quaternary nitrogens is 1. The summed E-state index contributed by atoms with van der Waals surface area (Å²) in [5.74, 6) is 0.00442. The Morgan fingerprint density at radius 3 is 2.32 bits per heavy atom. The van der Waals surface area contributed by atoms with Crippen molar-refractivity contribution in [2.45, 2.75) is 109 Å². The van der Waals surface area contributed by atoms with E-state index < -0.39 is 0 Å². The predicted molar refractivity (Wildman–Crippen MR) is 123 cm³/mol. The number of piperidine rings is 1. The van der Waals surface area contributed by atoms with Gasteiger partial charge in [-0.15, -0.1) is 0 Å². The average Bonchev–Trinajstić information content (AvgIpc) is 2.93. The molecule has 2 atom stereocenters. The second-order valence-corrected chi connectivity index (χ2v) is 10.1. The number of carbonyl (C=O) groups excluding carboxylic acids is 1. The van der Waals surface area contributed by atoms with Crippen molar-refractivity contribution in [1.82, 2.24) is 0 Å². The summed E-state index contributed by atoms with van der Waals surface area (Å²) in [6.07, 6.45) is 11.1. The van der Waals surface area contributed by atoms with E-state index in [2.05, 4.69) is 51.1 Å². The maximum atomic E-state index is 12.9. The Kier molecular flexibility index (Phi) is 8.65. The van der Waals surface area contributed by atoms with Crippen molar-refractivity contribution in [3.05, 3.63) is 41.5 Å². The minimum Gasteiger partial charge on any atom is -1.00 e. The lowest BCUT2D eigenvalue weighted by Gasteiger charge is -2.52. The van der Waals surface area contributed by atoms with Crippen LogP contribution in [0.1, 0.15) is 90.5 Å². The number of allylic oxidation sites excluding steroid dienone is 1. The molecular weight excluding hydrogens is 497 g/mol.